The van der Waals surface area contributed by atoms with Gasteiger partial charge in [-0.25, -0.2) is 0 Å². The van der Waals surface area contributed by atoms with Gasteiger partial charge in [-0.3, -0.25) is 0 Å². The summed E-state index contributed by atoms with van der Waals surface area (Å²) in [6, 6.07) is 0. The smallest absolute Gasteiger partial charge is 0.120 e. The third-order valence-electron chi connectivity index (χ3n) is 2.75. The van der Waals surface area contributed by atoms with Gasteiger partial charge in [-0.1, -0.05) is 27.7 Å². The molecule has 0 amide bonds. The summed E-state index contributed by atoms with van der Waals surface area (Å²) >= 11 is 0. The molecule has 0 saturated heterocycles. The summed E-state index contributed by atoms with van der Waals surface area (Å²) in [5, 5.41) is 0. The average Bonchev–Trinajstić information content (AvgIpc) is 2.01. The molecule has 82 valence electrons. The van der Waals surface area contributed by atoms with Crippen LogP contribution in [0.5, 0.6) is 0 Å². The van der Waals surface area contributed by atoms with Gasteiger partial charge in [0.25, 0.3) is 0 Å². The van der Waals surface area contributed by atoms with E-state index in [0.29, 0.717) is 12.8 Å². The van der Waals surface area contributed by atoms with Crippen LogP contribution in [-0.4, -0.2) is 12.6 Å². The van der Waals surface area contributed by atoms with E-state index in [4.69, 9.17) is 0 Å². The van der Waals surface area contributed by atoms with E-state index < -0.39 is 0 Å². The summed E-state index contributed by atoms with van der Waals surface area (Å²) < 4.78 is 0. The molecule has 2 nitrogen and oxygen atoms in total. The fraction of sp³-hybridized carbons (Fsp3) is 0.833. The van der Waals surface area contributed by atoms with E-state index in [1.54, 1.807) is 0 Å². The molecule has 14 heavy (non-hydrogen) atoms. The minimum Gasteiger partial charge on any atom is -0.303 e. The Kier molecular flexibility index (Phi) is 5.03. The maximum Gasteiger partial charge on any atom is 0.120 e. The molecule has 0 aromatic carbocycles. The molecule has 0 aliphatic heterocycles. The second-order valence-electron chi connectivity index (χ2n) is 5.57. The number of hydrogen-bond donors (Lipinski definition) is 0. The van der Waals surface area contributed by atoms with Crippen LogP contribution >= 0.6 is 0 Å². The standard InChI is InChI=1S/C12H22O2/c1-11(2,7-9-13)5-6-12(3,4)8-10-14/h9-10H,5-8H2,1-4H3. The maximum absolute atomic E-state index is 10.4. The molecular weight excluding hydrogens is 176 g/mol. The van der Waals surface area contributed by atoms with E-state index in [1.807, 2.05) is 0 Å². The summed E-state index contributed by atoms with van der Waals surface area (Å²) in [6.07, 6.45) is 5.15. The van der Waals surface area contributed by atoms with Crippen molar-refractivity contribution in [3.05, 3.63) is 0 Å². The van der Waals surface area contributed by atoms with Crippen molar-refractivity contribution < 1.29 is 9.59 Å². The molecule has 0 radical (unpaired) electrons. The molecule has 0 spiro atoms. The Bertz CT molecular complexity index is 170. The first-order valence-corrected chi connectivity index (χ1v) is 5.20. The zero-order valence-electron chi connectivity index (χ0n) is 9.80. The van der Waals surface area contributed by atoms with E-state index in [9.17, 15) is 9.59 Å². The molecule has 0 bridgehead atoms. The quantitative estimate of drug-likeness (QED) is 0.589. The molecule has 0 fully saturated rings. The van der Waals surface area contributed by atoms with Crippen molar-refractivity contribution >= 4 is 12.6 Å². The number of carbonyl (C=O) groups is 2. The van der Waals surface area contributed by atoms with Gasteiger partial charge in [0.2, 0.25) is 0 Å². The molecule has 0 unspecified atom stereocenters. The number of rotatable bonds is 7. The van der Waals surface area contributed by atoms with Crippen LogP contribution in [0.25, 0.3) is 0 Å². The molecule has 0 N–H and O–H groups in total. The molecule has 0 heterocycles. The van der Waals surface area contributed by atoms with Crippen LogP contribution < -0.4 is 0 Å². The van der Waals surface area contributed by atoms with Gasteiger partial charge in [0, 0.05) is 12.8 Å². The van der Waals surface area contributed by atoms with Crippen molar-refractivity contribution in [3.8, 4) is 0 Å². The van der Waals surface area contributed by atoms with Crippen molar-refractivity contribution in [3.63, 3.8) is 0 Å². The van der Waals surface area contributed by atoms with Crippen LogP contribution in [0.2, 0.25) is 0 Å². The SMILES string of the molecule is CC(C)(CC=O)CCC(C)(C)CC=O. The minimum absolute atomic E-state index is 0.0713. The van der Waals surface area contributed by atoms with Gasteiger partial charge in [-0.05, 0) is 23.7 Å². The summed E-state index contributed by atoms with van der Waals surface area (Å²) in [6.45, 7) is 8.38. The Balaban J connectivity index is 4.02. The summed E-state index contributed by atoms with van der Waals surface area (Å²) in [5.74, 6) is 0. The Labute approximate surface area is 87.1 Å². The molecule has 0 aliphatic rings. The van der Waals surface area contributed by atoms with E-state index in [1.165, 1.54) is 0 Å². The Morgan fingerprint density at radius 1 is 0.786 bits per heavy atom. The lowest BCUT2D eigenvalue weighted by atomic mass is 9.76. The van der Waals surface area contributed by atoms with Crippen molar-refractivity contribution in [2.45, 2.75) is 53.4 Å². The van der Waals surface area contributed by atoms with Crippen molar-refractivity contribution in [2.75, 3.05) is 0 Å². The molecule has 0 aliphatic carbocycles. The average molecular weight is 198 g/mol. The highest BCUT2D eigenvalue weighted by Gasteiger charge is 2.23. The highest BCUT2D eigenvalue weighted by atomic mass is 16.1. The van der Waals surface area contributed by atoms with Crippen LogP contribution in [0.1, 0.15) is 53.4 Å². The molecule has 0 atom stereocenters. The number of carbonyl (C=O) groups excluding carboxylic acids is 2. The number of aldehydes is 2. The zero-order valence-corrected chi connectivity index (χ0v) is 9.80. The van der Waals surface area contributed by atoms with Crippen LogP contribution in [0.4, 0.5) is 0 Å². The molecule has 0 rings (SSSR count). The van der Waals surface area contributed by atoms with Gasteiger partial charge in [0.05, 0.1) is 0 Å². The molecular formula is C12H22O2. The van der Waals surface area contributed by atoms with Gasteiger partial charge >= 0.3 is 0 Å². The van der Waals surface area contributed by atoms with E-state index in [2.05, 4.69) is 27.7 Å². The Morgan fingerprint density at radius 2 is 1.07 bits per heavy atom. The van der Waals surface area contributed by atoms with Crippen molar-refractivity contribution in [1.82, 2.24) is 0 Å². The van der Waals surface area contributed by atoms with Gasteiger partial charge in [0.15, 0.2) is 0 Å². The van der Waals surface area contributed by atoms with Gasteiger partial charge in [-0.15, -0.1) is 0 Å². The lowest BCUT2D eigenvalue weighted by molar-refractivity contribution is -0.111. The predicted octanol–water partition coefficient (Wildman–Crippen LogP) is 3.00. The van der Waals surface area contributed by atoms with Crippen molar-refractivity contribution in [2.24, 2.45) is 10.8 Å². The number of hydrogen-bond acceptors (Lipinski definition) is 2. The highest BCUT2D eigenvalue weighted by Crippen LogP contribution is 2.33. The van der Waals surface area contributed by atoms with Crippen LogP contribution in [0.15, 0.2) is 0 Å². The maximum atomic E-state index is 10.4. The Morgan fingerprint density at radius 3 is 1.29 bits per heavy atom. The molecule has 0 saturated carbocycles. The first-order valence-electron chi connectivity index (χ1n) is 5.20. The lowest BCUT2D eigenvalue weighted by Crippen LogP contribution is -2.19. The zero-order chi connectivity index (χ0) is 11.2. The monoisotopic (exact) mass is 198 g/mol. The van der Waals surface area contributed by atoms with E-state index in [-0.39, 0.29) is 10.8 Å². The lowest BCUT2D eigenvalue weighted by Gasteiger charge is -2.28. The fourth-order valence-corrected chi connectivity index (χ4v) is 1.33. The van der Waals surface area contributed by atoms with E-state index >= 15 is 0 Å². The first kappa shape index (κ1) is 13.3. The van der Waals surface area contributed by atoms with Crippen LogP contribution in [0.3, 0.4) is 0 Å². The first-order chi connectivity index (χ1) is 6.33. The molecule has 0 aromatic rings. The second kappa shape index (κ2) is 5.28. The minimum atomic E-state index is 0.0713. The van der Waals surface area contributed by atoms with Crippen molar-refractivity contribution in [1.29, 1.82) is 0 Å². The highest BCUT2D eigenvalue weighted by molar-refractivity contribution is 5.51. The largest absolute Gasteiger partial charge is 0.303 e. The second-order valence-corrected chi connectivity index (χ2v) is 5.57. The predicted molar refractivity (Wildman–Crippen MR) is 58.2 cm³/mol. The van der Waals surface area contributed by atoms with Gasteiger partial charge in [0.1, 0.15) is 12.6 Å². The molecule has 0 aromatic heterocycles. The molecule has 2 heteroatoms. The van der Waals surface area contributed by atoms with Crippen LogP contribution in [-0.2, 0) is 9.59 Å². The topological polar surface area (TPSA) is 34.1 Å². The third kappa shape index (κ3) is 5.90. The summed E-state index contributed by atoms with van der Waals surface area (Å²) in [5.41, 5.74) is 0.143. The third-order valence-corrected chi connectivity index (χ3v) is 2.75. The normalized spacial score (nSPS) is 12.6. The Hall–Kier alpha value is -0.660. The van der Waals surface area contributed by atoms with Gasteiger partial charge in [-0.2, -0.15) is 0 Å². The van der Waals surface area contributed by atoms with Gasteiger partial charge < -0.3 is 9.59 Å². The van der Waals surface area contributed by atoms with E-state index in [0.717, 1.165) is 25.4 Å². The van der Waals surface area contributed by atoms with Crippen LogP contribution in [0, 0.1) is 10.8 Å². The summed E-state index contributed by atoms with van der Waals surface area (Å²) in [4.78, 5) is 20.8. The fourth-order valence-electron chi connectivity index (χ4n) is 1.33. The summed E-state index contributed by atoms with van der Waals surface area (Å²) in [7, 11) is 0.